The van der Waals surface area contributed by atoms with Gasteiger partial charge in [-0.15, -0.1) is 0 Å². The van der Waals surface area contributed by atoms with Crippen molar-refractivity contribution in [3.8, 4) is 0 Å². The van der Waals surface area contributed by atoms with Gasteiger partial charge in [0, 0.05) is 12.8 Å². The first-order chi connectivity index (χ1) is 32.0. The lowest BCUT2D eigenvalue weighted by Crippen LogP contribution is -2.61. The number of esters is 2. The van der Waals surface area contributed by atoms with Crippen LogP contribution in [0.2, 0.25) is 0 Å². The molecule has 0 aromatic heterocycles. The topological polar surface area (TPSA) is 231 Å². The number of carbonyl (C=O) groups is 2. The van der Waals surface area contributed by atoms with E-state index in [0.29, 0.717) is 12.8 Å². The van der Waals surface area contributed by atoms with Gasteiger partial charge in [0.25, 0.3) is 0 Å². The lowest BCUT2D eigenvalue weighted by Gasteiger charge is -2.42. The average molecular weight is 943 g/mol. The number of hydrogen-bond donors (Lipinski definition) is 7. The van der Waals surface area contributed by atoms with Crippen molar-refractivity contribution < 1.29 is 73.8 Å². The minimum atomic E-state index is -1.77. The Hall–Kier alpha value is -2.28. The molecule has 0 aromatic carbocycles. The van der Waals surface area contributed by atoms with Crippen molar-refractivity contribution in [2.45, 2.75) is 248 Å². The monoisotopic (exact) mass is 943 g/mol. The highest BCUT2D eigenvalue weighted by Gasteiger charge is 2.47. The molecule has 0 radical (unpaired) electrons. The molecule has 15 nitrogen and oxygen atoms in total. The zero-order chi connectivity index (χ0) is 48.2. The molecule has 2 aliphatic heterocycles. The largest absolute Gasteiger partial charge is 0.462 e. The van der Waals surface area contributed by atoms with Crippen molar-refractivity contribution in [3.63, 3.8) is 0 Å². The van der Waals surface area contributed by atoms with E-state index in [2.05, 4.69) is 50.3 Å². The summed E-state index contributed by atoms with van der Waals surface area (Å²) in [6.07, 6.45) is 23.1. The van der Waals surface area contributed by atoms with E-state index in [1.54, 1.807) is 0 Å². The lowest BCUT2D eigenvalue weighted by atomic mass is 9.98. The maximum atomic E-state index is 13.0. The van der Waals surface area contributed by atoms with Gasteiger partial charge in [-0.3, -0.25) is 9.59 Å². The van der Waals surface area contributed by atoms with Crippen molar-refractivity contribution in [2.75, 3.05) is 26.4 Å². The third kappa shape index (κ3) is 26.5. The number of aliphatic hydroxyl groups is 7. The van der Waals surface area contributed by atoms with Crippen molar-refractivity contribution in [2.24, 2.45) is 0 Å². The Kier molecular flexibility index (Phi) is 35.0. The van der Waals surface area contributed by atoms with Crippen LogP contribution in [0.1, 0.15) is 181 Å². The Morgan fingerprint density at radius 3 is 1.45 bits per heavy atom. The van der Waals surface area contributed by atoms with Gasteiger partial charge in [-0.05, 0) is 70.6 Å². The summed E-state index contributed by atoms with van der Waals surface area (Å²) in [5.74, 6) is -0.943. The van der Waals surface area contributed by atoms with Crippen LogP contribution in [0.4, 0.5) is 0 Å². The zero-order valence-corrected chi connectivity index (χ0v) is 40.4. The highest BCUT2D eigenvalue weighted by Crippen LogP contribution is 2.26. The van der Waals surface area contributed by atoms with Crippen molar-refractivity contribution in [1.29, 1.82) is 0 Å². The Morgan fingerprint density at radius 1 is 0.485 bits per heavy atom. The van der Waals surface area contributed by atoms with Crippen LogP contribution in [-0.4, -0.2) is 142 Å². The third-order valence-electron chi connectivity index (χ3n) is 12.1. The molecule has 0 aromatic rings. The van der Waals surface area contributed by atoms with Gasteiger partial charge in [0.2, 0.25) is 0 Å². The van der Waals surface area contributed by atoms with E-state index in [1.165, 1.54) is 64.2 Å². The van der Waals surface area contributed by atoms with Gasteiger partial charge < -0.3 is 64.2 Å². The summed E-state index contributed by atoms with van der Waals surface area (Å²) < 4.78 is 33.5. The molecule has 11 atom stereocenters. The molecule has 0 spiro atoms. The Morgan fingerprint density at radius 2 is 0.909 bits per heavy atom. The van der Waals surface area contributed by atoms with Crippen LogP contribution in [-0.2, 0) is 38.0 Å². The Bertz CT molecular complexity index is 1290. The molecule has 2 fully saturated rings. The minimum absolute atomic E-state index is 0.153. The predicted molar refractivity (Wildman–Crippen MR) is 252 cm³/mol. The number of rotatable bonds is 39. The molecule has 384 valence electrons. The summed E-state index contributed by atoms with van der Waals surface area (Å²) in [6.45, 7) is 2.53. The van der Waals surface area contributed by atoms with E-state index >= 15 is 0 Å². The Labute approximate surface area is 395 Å². The summed E-state index contributed by atoms with van der Waals surface area (Å²) >= 11 is 0. The molecule has 2 heterocycles. The smallest absolute Gasteiger partial charge is 0.306 e. The SMILES string of the molecule is CCCCC/C=C/C/C=C/CCCCCCCCCC(=O)OC[C@@H](CO[C@@H]1O[C@H](CO[C@@H]2O[C@H](CO)[C@H](O)C(O)C2O)[C@H](O)C(O)C1O)OC(=O)CCCCCCC/C=C/CCCCCC. The highest BCUT2D eigenvalue weighted by molar-refractivity contribution is 5.70. The number of unbranched alkanes of at least 4 members (excludes halogenated alkanes) is 19. The molecule has 0 saturated carbocycles. The molecule has 2 rings (SSSR count). The zero-order valence-electron chi connectivity index (χ0n) is 40.4. The van der Waals surface area contributed by atoms with Crippen LogP contribution in [0, 0.1) is 0 Å². The number of aliphatic hydroxyl groups excluding tert-OH is 7. The molecule has 0 amide bonds. The molecule has 15 heteroatoms. The van der Waals surface area contributed by atoms with E-state index in [0.717, 1.165) is 77.0 Å². The van der Waals surface area contributed by atoms with Crippen LogP contribution < -0.4 is 0 Å². The molecular formula is C51H90O15. The van der Waals surface area contributed by atoms with Gasteiger partial charge in [-0.1, -0.05) is 134 Å². The number of hydrogen-bond acceptors (Lipinski definition) is 15. The molecular weight excluding hydrogens is 853 g/mol. The summed E-state index contributed by atoms with van der Waals surface area (Å²) in [4.78, 5) is 25.7. The van der Waals surface area contributed by atoms with Gasteiger partial charge in [-0.2, -0.15) is 0 Å². The molecule has 4 unspecified atom stereocenters. The second-order valence-corrected chi connectivity index (χ2v) is 18.0. The van der Waals surface area contributed by atoms with Crippen LogP contribution in [0.25, 0.3) is 0 Å². The maximum absolute atomic E-state index is 13.0. The normalized spacial score (nSPS) is 26.4. The van der Waals surface area contributed by atoms with Crippen molar-refractivity contribution in [3.05, 3.63) is 36.5 Å². The van der Waals surface area contributed by atoms with Crippen LogP contribution in [0.3, 0.4) is 0 Å². The fraction of sp³-hybridized carbons (Fsp3) is 0.843. The Balaban J connectivity index is 1.81. The first-order valence-corrected chi connectivity index (χ1v) is 25.6. The van der Waals surface area contributed by atoms with E-state index < -0.39 is 92.7 Å². The first-order valence-electron chi connectivity index (χ1n) is 25.6. The third-order valence-corrected chi connectivity index (χ3v) is 12.1. The van der Waals surface area contributed by atoms with Gasteiger partial charge >= 0.3 is 11.9 Å². The predicted octanol–water partition coefficient (Wildman–Crippen LogP) is 6.93. The fourth-order valence-electron chi connectivity index (χ4n) is 7.83. The second kappa shape index (κ2) is 38.6. The van der Waals surface area contributed by atoms with Crippen molar-refractivity contribution in [1.82, 2.24) is 0 Å². The standard InChI is InChI=1S/C51H90O15/c1-3-5-7-9-11-13-15-17-18-19-20-22-23-25-27-29-31-33-42(53)61-36-39(64-43(54)34-32-30-28-26-24-21-16-14-12-10-8-6-4-2)37-62-50-49(60)47(58)45(56)41(66-50)38-63-51-48(59)46(57)44(55)40(35-52)65-51/h11,13-14,16-18,39-41,44-52,55-60H,3-10,12,15,19-38H2,1-2H3/b13-11+,16-14+,18-17+/t39-,40+,41+,44-,45-,46?,47?,48?,49?,50+,51+/m0/s1. The van der Waals surface area contributed by atoms with Gasteiger partial charge in [0.1, 0.15) is 55.4 Å². The summed E-state index contributed by atoms with van der Waals surface area (Å²) in [7, 11) is 0. The fourth-order valence-corrected chi connectivity index (χ4v) is 7.83. The molecule has 2 aliphatic rings. The second-order valence-electron chi connectivity index (χ2n) is 18.0. The maximum Gasteiger partial charge on any atom is 0.306 e. The van der Waals surface area contributed by atoms with E-state index in [-0.39, 0.29) is 26.1 Å². The lowest BCUT2D eigenvalue weighted by molar-refractivity contribution is -0.332. The highest BCUT2D eigenvalue weighted by atomic mass is 16.7. The van der Waals surface area contributed by atoms with Crippen LogP contribution in [0.15, 0.2) is 36.5 Å². The molecule has 0 aliphatic carbocycles. The number of ether oxygens (including phenoxy) is 6. The number of carbonyl (C=O) groups excluding carboxylic acids is 2. The van der Waals surface area contributed by atoms with Gasteiger partial charge in [0.15, 0.2) is 18.7 Å². The molecule has 0 bridgehead atoms. The molecule has 7 N–H and O–H groups in total. The van der Waals surface area contributed by atoms with E-state index in [4.69, 9.17) is 28.4 Å². The van der Waals surface area contributed by atoms with Gasteiger partial charge in [-0.25, -0.2) is 0 Å². The molecule has 66 heavy (non-hydrogen) atoms. The summed E-state index contributed by atoms with van der Waals surface area (Å²) in [6, 6.07) is 0. The van der Waals surface area contributed by atoms with Crippen LogP contribution in [0.5, 0.6) is 0 Å². The van der Waals surface area contributed by atoms with E-state index in [9.17, 15) is 45.3 Å². The first kappa shape index (κ1) is 59.8. The molecule has 2 saturated heterocycles. The summed E-state index contributed by atoms with van der Waals surface area (Å²) in [5, 5.41) is 72.0. The van der Waals surface area contributed by atoms with Crippen molar-refractivity contribution >= 4 is 11.9 Å². The average Bonchev–Trinajstić information content (AvgIpc) is 3.31. The quantitative estimate of drug-likeness (QED) is 0.0188. The minimum Gasteiger partial charge on any atom is -0.462 e. The number of allylic oxidation sites excluding steroid dienone is 6. The summed E-state index contributed by atoms with van der Waals surface area (Å²) in [5.41, 5.74) is 0. The van der Waals surface area contributed by atoms with E-state index in [1.807, 2.05) is 0 Å². The van der Waals surface area contributed by atoms with Crippen LogP contribution >= 0.6 is 0 Å². The van der Waals surface area contributed by atoms with Gasteiger partial charge in [0.05, 0.1) is 19.8 Å².